The highest BCUT2D eigenvalue weighted by atomic mass is 31.2. The monoisotopic (exact) mass is 1180 g/mol. The Morgan fingerprint density at radius 1 is 0.329 bits per heavy atom. The highest BCUT2D eigenvalue weighted by Crippen LogP contribution is 2.43. The lowest BCUT2D eigenvalue weighted by atomic mass is 10.0. The summed E-state index contributed by atoms with van der Waals surface area (Å²) in [4.78, 5) is 35.8. The Balaban J connectivity index is 3.87. The zero-order chi connectivity index (χ0) is 59.8. The Bertz CT molecular complexity index is 1340. The summed E-state index contributed by atoms with van der Waals surface area (Å²) < 4.78 is 34.7. The van der Waals surface area contributed by atoms with Crippen molar-refractivity contribution in [1.29, 1.82) is 0 Å². The van der Waals surface area contributed by atoms with Gasteiger partial charge in [0.05, 0.1) is 27.7 Å². The van der Waals surface area contributed by atoms with E-state index in [1.807, 2.05) is 21.1 Å². The SMILES string of the molecule is CCCCCCCCCCCCCCCCCCCCCCCCCCCCCCCCCCCCCCCCC(=O)OC(COC(=O)CCCCCCCCCCCCCCCCCCCCCC)COP(=O)(O)OCC[N+](C)(C)C. The van der Waals surface area contributed by atoms with Crippen molar-refractivity contribution >= 4 is 19.8 Å². The minimum atomic E-state index is -4.38. The number of hydrogen-bond acceptors (Lipinski definition) is 7. The lowest BCUT2D eigenvalue weighted by Crippen LogP contribution is -2.37. The normalized spacial score (nSPS) is 13.0. The van der Waals surface area contributed by atoms with E-state index in [2.05, 4.69) is 13.8 Å². The number of carbonyl (C=O) groups excluding carboxylic acids is 2. The highest BCUT2D eigenvalue weighted by molar-refractivity contribution is 7.47. The van der Waals surface area contributed by atoms with E-state index in [0.29, 0.717) is 17.4 Å². The minimum Gasteiger partial charge on any atom is -0.462 e. The number of nitrogens with zero attached hydrogens (tertiary/aromatic N) is 1. The molecule has 0 saturated carbocycles. The Morgan fingerprint density at radius 2 is 0.549 bits per heavy atom. The number of carbonyl (C=O) groups is 2. The van der Waals surface area contributed by atoms with Crippen molar-refractivity contribution in [1.82, 2.24) is 0 Å². The summed E-state index contributed by atoms with van der Waals surface area (Å²) in [5.41, 5.74) is 0. The molecule has 0 spiro atoms. The average molecular weight is 1180 g/mol. The smallest absolute Gasteiger partial charge is 0.462 e. The van der Waals surface area contributed by atoms with E-state index in [1.54, 1.807) is 0 Å². The molecule has 9 nitrogen and oxygen atoms in total. The lowest BCUT2D eigenvalue weighted by Gasteiger charge is -2.24. The molecule has 0 aliphatic heterocycles. The fourth-order valence-corrected chi connectivity index (χ4v) is 12.2. The number of phosphoric ester groups is 1. The number of likely N-dealkylation sites (N-methyl/N-ethyl adjacent to an activating group) is 1. The second-order valence-corrected chi connectivity index (χ2v) is 28.2. The van der Waals surface area contributed by atoms with Crippen LogP contribution in [0.25, 0.3) is 0 Å². The number of phosphoric acid groups is 1. The molecule has 0 rings (SSSR count). The van der Waals surface area contributed by atoms with E-state index >= 15 is 0 Å². The summed E-state index contributed by atoms with van der Waals surface area (Å²) in [5.74, 6) is -0.768. The Hall–Kier alpha value is -0.990. The molecule has 82 heavy (non-hydrogen) atoms. The van der Waals surface area contributed by atoms with Crippen LogP contribution in [-0.2, 0) is 32.7 Å². The van der Waals surface area contributed by atoms with Crippen molar-refractivity contribution in [2.24, 2.45) is 0 Å². The van der Waals surface area contributed by atoms with Gasteiger partial charge in [0, 0.05) is 12.8 Å². The van der Waals surface area contributed by atoms with Crippen molar-refractivity contribution < 1.29 is 42.1 Å². The van der Waals surface area contributed by atoms with Gasteiger partial charge in [-0.05, 0) is 12.8 Å². The van der Waals surface area contributed by atoms with Crippen molar-refractivity contribution in [2.45, 2.75) is 405 Å². The molecule has 0 bridgehead atoms. The fourth-order valence-electron chi connectivity index (χ4n) is 11.5. The van der Waals surface area contributed by atoms with Gasteiger partial charge < -0.3 is 18.9 Å². The van der Waals surface area contributed by atoms with Gasteiger partial charge in [-0.1, -0.05) is 373 Å². The standard InChI is InChI=1S/C72H144NO8P/c1-6-8-10-12-14-16-18-20-22-24-26-28-29-30-31-32-33-34-35-36-37-38-39-40-41-42-43-44-45-47-49-51-53-55-57-59-61-63-65-72(75)81-70(69-80-82(76,77)79-67-66-73(3,4)5)68-78-71(74)64-62-60-58-56-54-52-50-48-46-27-25-23-21-19-17-15-13-11-9-7-2/h70H,6-69H2,1-5H3/p+1. The number of quaternary nitrogens is 1. The van der Waals surface area contributed by atoms with Gasteiger partial charge in [0.25, 0.3) is 0 Å². The van der Waals surface area contributed by atoms with Crippen molar-refractivity contribution in [3.8, 4) is 0 Å². The summed E-state index contributed by atoms with van der Waals surface area (Å²) in [7, 11) is 1.51. The third-order valence-electron chi connectivity index (χ3n) is 17.1. The van der Waals surface area contributed by atoms with Gasteiger partial charge in [-0.2, -0.15) is 0 Å². The maximum Gasteiger partial charge on any atom is 0.472 e. The zero-order valence-corrected chi connectivity index (χ0v) is 56.9. The molecular formula is C72H145NO8P+. The summed E-state index contributed by atoms with van der Waals surface area (Å²) in [6.45, 7) is 4.53. The quantitative estimate of drug-likeness (QED) is 0.0278. The van der Waals surface area contributed by atoms with Gasteiger partial charge in [-0.15, -0.1) is 0 Å². The zero-order valence-electron chi connectivity index (χ0n) is 56.0. The first-order chi connectivity index (χ1) is 40.0. The first-order valence-electron chi connectivity index (χ1n) is 36.8. The number of hydrogen-bond donors (Lipinski definition) is 1. The van der Waals surface area contributed by atoms with Gasteiger partial charge in [0.2, 0.25) is 0 Å². The van der Waals surface area contributed by atoms with Crippen LogP contribution in [0.1, 0.15) is 399 Å². The molecular weight excluding hydrogens is 1040 g/mol. The molecule has 0 aromatic carbocycles. The van der Waals surface area contributed by atoms with E-state index in [9.17, 15) is 19.0 Å². The van der Waals surface area contributed by atoms with Gasteiger partial charge in [-0.3, -0.25) is 18.6 Å². The minimum absolute atomic E-state index is 0.0377. The molecule has 0 aliphatic carbocycles. The predicted molar refractivity (Wildman–Crippen MR) is 354 cm³/mol. The van der Waals surface area contributed by atoms with Gasteiger partial charge in [0.1, 0.15) is 19.8 Å². The van der Waals surface area contributed by atoms with E-state index in [0.717, 1.165) is 38.5 Å². The topological polar surface area (TPSA) is 108 Å². The molecule has 1 N–H and O–H groups in total. The van der Waals surface area contributed by atoms with Crippen LogP contribution in [0.4, 0.5) is 0 Å². The summed E-state index contributed by atoms with van der Waals surface area (Å²) in [6.07, 6.45) is 78.1. The van der Waals surface area contributed by atoms with E-state index < -0.39 is 26.5 Å². The van der Waals surface area contributed by atoms with E-state index in [4.69, 9.17) is 18.5 Å². The molecule has 2 unspecified atom stereocenters. The lowest BCUT2D eigenvalue weighted by molar-refractivity contribution is -0.870. The molecule has 0 aromatic heterocycles. The number of rotatable bonds is 70. The highest BCUT2D eigenvalue weighted by Gasteiger charge is 2.27. The van der Waals surface area contributed by atoms with Crippen molar-refractivity contribution in [3.05, 3.63) is 0 Å². The first-order valence-corrected chi connectivity index (χ1v) is 38.3. The summed E-state index contributed by atoms with van der Waals surface area (Å²) in [5, 5.41) is 0. The molecule has 490 valence electrons. The number of unbranched alkanes of at least 4 members (excludes halogenated alkanes) is 56. The van der Waals surface area contributed by atoms with Crippen molar-refractivity contribution in [2.75, 3.05) is 47.5 Å². The second kappa shape index (κ2) is 64.5. The molecule has 0 fully saturated rings. The molecule has 0 aromatic rings. The van der Waals surface area contributed by atoms with Gasteiger partial charge in [0.15, 0.2) is 6.10 Å². The van der Waals surface area contributed by atoms with Crippen LogP contribution < -0.4 is 0 Å². The molecule has 0 heterocycles. The van der Waals surface area contributed by atoms with Gasteiger partial charge in [-0.25, -0.2) is 4.57 Å². The van der Waals surface area contributed by atoms with Crippen LogP contribution in [0.3, 0.4) is 0 Å². The molecule has 0 radical (unpaired) electrons. The van der Waals surface area contributed by atoms with Crippen LogP contribution >= 0.6 is 7.82 Å². The second-order valence-electron chi connectivity index (χ2n) is 26.7. The predicted octanol–water partition coefficient (Wildman–Crippen LogP) is 23.7. The maximum absolute atomic E-state index is 12.9. The van der Waals surface area contributed by atoms with Crippen LogP contribution in [0.2, 0.25) is 0 Å². The van der Waals surface area contributed by atoms with Crippen LogP contribution in [-0.4, -0.2) is 74.9 Å². The van der Waals surface area contributed by atoms with E-state index in [-0.39, 0.29) is 25.6 Å². The molecule has 0 saturated heterocycles. The molecule has 10 heteroatoms. The third kappa shape index (κ3) is 68.1. The summed E-state index contributed by atoms with van der Waals surface area (Å²) in [6, 6.07) is 0. The number of ether oxygens (including phenoxy) is 2. The Morgan fingerprint density at radius 3 is 0.780 bits per heavy atom. The molecule has 0 aliphatic rings. The maximum atomic E-state index is 12.9. The first kappa shape index (κ1) is 81.0. The molecule has 2 atom stereocenters. The summed E-state index contributed by atoms with van der Waals surface area (Å²) >= 11 is 0. The van der Waals surface area contributed by atoms with Crippen LogP contribution in [0, 0.1) is 0 Å². The van der Waals surface area contributed by atoms with Gasteiger partial charge >= 0.3 is 19.8 Å². The van der Waals surface area contributed by atoms with E-state index in [1.165, 1.54) is 334 Å². The third-order valence-corrected chi connectivity index (χ3v) is 18.1. The van der Waals surface area contributed by atoms with Crippen LogP contribution in [0.5, 0.6) is 0 Å². The fraction of sp³-hybridized carbons (Fsp3) is 0.972. The Labute approximate surface area is 512 Å². The van der Waals surface area contributed by atoms with Crippen molar-refractivity contribution in [3.63, 3.8) is 0 Å². The number of esters is 2. The largest absolute Gasteiger partial charge is 0.472 e. The average Bonchev–Trinajstić information content (AvgIpc) is 3.45. The Kier molecular flexibility index (Phi) is 63.7. The van der Waals surface area contributed by atoms with Crippen LogP contribution in [0.15, 0.2) is 0 Å². The molecule has 0 amide bonds.